The van der Waals surface area contributed by atoms with Crippen LogP contribution in [0.5, 0.6) is 11.6 Å². The predicted octanol–water partition coefficient (Wildman–Crippen LogP) is 5.02. The summed E-state index contributed by atoms with van der Waals surface area (Å²) in [5, 5.41) is 26.4. The van der Waals surface area contributed by atoms with Gasteiger partial charge < -0.3 is 14.7 Å². The summed E-state index contributed by atoms with van der Waals surface area (Å²) < 4.78 is 6.26. The molecule has 4 heterocycles. The lowest BCUT2D eigenvalue weighted by molar-refractivity contribution is -0.0254. The Bertz CT molecular complexity index is 1410. The first-order valence-corrected chi connectivity index (χ1v) is 12.9. The van der Waals surface area contributed by atoms with Gasteiger partial charge in [-0.15, -0.1) is 5.10 Å². The molecule has 4 aromatic rings. The van der Waals surface area contributed by atoms with Crippen LogP contribution in [0.15, 0.2) is 66.9 Å². The molecule has 1 saturated heterocycles. The minimum absolute atomic E-state index is 0.603. The number of hydrogen-bond donors (Lipinski definition) is 2. The number of aromatic nitrogens is 5. The number of aromatic amines is 1. The molecule has 2 aliphatic rings. The minimum atomic E-state index is -0.793. The van der Waals surface area contributed by atoms with Gasteiger partial charge >= 0.3 is 0 Å². The van der Waals surface area contributed by atoms with Crippen LogP contribution >= 0.6 is 11.6 Å². The molecule has 2 N–H and O–H groups in total. The number of ether oxygens (including phenoxy) is 1. The summed E-state index contributed by atoms with van der Waals surface area (Å²) in [6, 6.07) is 17.5. The molecule has 37 heavy (non-hydrogen) atoms. The Balaban J connectivity index is 1.19. The SMILES string of the molecule is OC1(c2ccc(Cl)cc2)CCN(CCC=C2Cc3c(cccc3-c3nnn[nH]3)Oc3ncccc32)CC1. The number of H-pyrrole nitrogens is 1. The van der Waals surface area contributed by atoms with Crippen LogP contribution in [-0.2, 0) is 12.0 Å². The van der Waals surface area contributed by atoms with Gasteiger partial charge in [0.1, 0.15) is 5.75 Å². The Hall–Kier alpha value is -3.59. The smallest absolute Gasteiger partial charge is 0.226 e. The molecule has 2 aromatic carbocycles. The lowest BCUT2D eigenvalue weighted by Crippen LogP contribution is -2.42. The van der Waals surface area contributed by atoms with Crippen molar-refractivity contribution in [2.45, 2.75) is 31.3 Å². The van der Waals surface area contributed by atoms with Gasteiger partial charge in [-0.05, 0) is 71.2 Å². The number of fused-ring (bicyclic) bond motifs is 2. The van der Waals surface area contributed by atoms with Gasteiger partial charge in [0, 0.05) is 54.0 Å². The molecule has 1 fully saturated rings. The Morgan fingerprint density at radius 2 is 1.86 bits per heavy atom. The number of halogens is 1. The van der Waals surface area contributed by atoms with E-state index in [-0.39, 0.29) is 0 Å². The van der Waals surface area contributed by atoms with Gasteiger partial charge in [-0.3, -0.25) is 0 Å². The van der Waals surface area contributed by atoms with Crippen molar-refractivity contribution in [3.8, 4) is 23.0 Å². The molecular formula is C28H27ClN6O2. The molecule has 0 amide bonds. The van der Waals surface area contributed by atoms with Crippen LogP contribution in [-0.4, -0.2) is 55.2 Å². The van der Waals surface area contributed by atoms with Crippen molar-refractivity contribution in [3.63, 3.8) is 0 Å². The van der Waals surface area contributed by atoms with Gasteiger partial charge in [-0.25, -0.2) is 10.1 Å². The number of hydrogen-bond acceptors (Lipinski definition) is 7. The number of benzene rings is 2. The highest BCUT2D eigenvalue weighted by atomic mass is 35.5. The summed E-state index contributed by atoms with van der Waals surface area (Å²) in [6.07, 6.45) is 7.00. The highest BCUT2D eigenvalue weighted by Crippen LogP contribution is 2.41. The number of allylic oxidation sites excluding steroid dienone is 1. The van der Waals surface area contributed by atoms with Crippen LogP contribution in [0.2, 0.25) is 5.02 Å². The van der Waals surface area contributed by atoms with Crippen molar-refractivity contribution >= 4 is 17.2 Å². The van der Waals surface area contributed by atoms with E-state index in [1.54, 1.807) is 6.20 Å². The average molecular weight is 515 g/mol. The van der Waals surface area contributed by atoms with Crippen LogP contribution in [0.4, 0.5) is 0 Å². The van der Waals surface area contributed by atoms with E-state index in [1.165, 1.54) is 0 Å². The second kappa shape index (κ2) is 10.0. The van der Waals surface area contributed by atoms with Gasteiger partial charge in [0.15, 0.2) is 5.82 Å². The van der Waals surface area contributed by atoms with E-state index < -0.39 is 5.60 Å². The van der Waals surface area contributed by atoms with Gasteiger partial charge in [0.05, 0.1) is 5.60 Å². The Kier molecular flexibility index (Phi) is 6.46. The molecule has 0 atom stereocenters. The van der Waals surface area contributed by atoms with Gasteiger partial charge in [0.2, 0.25) is 5.88 Å². The van der Waals surface area contributed by atoms with Gasteiger partial charge in [-0.1, -0.05) is 41.9 Å². The lowest BCUT2D eigenvalue weighted by Gasteiger charge is -2.38. The Morgan fingerprint density at radius 1 is 1.05 bits per heavy atom. The van der Waals surface area contributed by atoms with E-state index in [2.05, 4.69) is 42.7 Å². The number of nitrogens with zero attached hydrogens (tertiary/aromatic N) is 5. The summed E-state index contributed by atoms with van der Waals surface area (Å²) in [5.41, 5.74) is 4.25. The van der Waals surface area contributed by atoms with E-state index >= 15 is 0 Å². The fourth-order valence-electron chi connectivity index (χ4n) is 5.24. The first-order valence-electron chi connectivity index (χ1n) is 12.5. The van der Waals surface area contributed by atoms with Crippen molar-refractivity contribution < 1.29 is 9.84 Å². The zero-order valence-corrected chi connectivity index (χ0v) is 21.0. The minimum Gasteiger partial charge on any atom is -0.438 e. The fourth-order valence-corrected chi connectivity index (χ4v) is 5.37. The van der Waals surface area contributed by atoms with Crippen LogP contribution in [0, 0.1) is 0 Å². The fraction of sp³-hybridized carbons (Fsp3) is 0.286. The lowest BCUT2D eigenvalue weighted by atomic mass is 9.84. The highest BCUT2D eigenvalue weighted by molar-refractivity contribution is 6.30. The topological polar surface area (TPSA) is 100 Å². The Morgan fingerprint density at radius 3 is 2.65 bits per heavy atom. The van der Waals surface area contributed by atoms with Gasteiger partial charge in [0.25, 0.3) is 0 Å². The summed E-state index contributed by atoms with van der Waals surface area (Å²) in [4.78, 5) is 6.93. The maximum Gasteiger partial charge on any atom is 0.226 e. The van der Waals surface area contributed by atoms with E-state index in [4.69, 9.17) is 16.3 Å². The second-order valence-electron chi connectivity index (χ2n) is 9.57. The molecule has 0 spiro atoms. The molecule has 188 valence electrons. The summed E-state index contributed by atoms with van der Waals surface area (Å²) in [5.74, 6) is 1.97. The number of pyridine rings is 1. The Labute approximate surface area is 220 Å². The normalized spacial score (nSPS) is 18.1. The van der Waals surface area contributed by atoms with Crippen molar-refractivity contribution in [2.75, 3.05) is 19.6 Å². The third kappa shape index (κ3) is 4.87. The molecule has 0 bridgehead atoms. The van der Waals surface area contributed by atoms with E-state index in [1.807, 2.05) is 48.5 Å². The highest BCUT2D eigenvalue weighted by Gasteiger charge is 2.33. The van der Waals surface area contributed by atoms with E-state index in [9.17, 15) is 5.11 Å². The largest absolute Gasteiger partial charge is 0.438 e. The molecule has 6 rings (SSSR count). The van der Waals surface area contributed by atoms with Gasteiger partial charge in [-0.2, -0.15) is 0 Å². The second-order valence-corrected chi connectivity index (χ2v) is 10.0. The molecule has 0 saturated carbocycles. The predicted molar refractivity (Wildman–Crippen MR) is 141 cm³/mol. The number of piperidine rings is 1. The maximum atomic E-state index is 11.2. The summed E-state index contributed by atoms with van der Waals surface area (Å²) >= 11 is 6.03. The molecule has 8 nitrogen and oxygen atoms in total. The van der Waals surface area contributed by atoms with Crippen LogP contribution in [0.25, 0.3) is 17.0 Å². The van der Waals surface area contributed by atoms with E-state index in [0.29, 0.717) is 36.0 Å². The van der Waals surface area contributed by atoms with Crippen molar-refractivity contribution in [3.05, 3.63) is 88.6 Å². The number of likely N-dealkylation sites (tertiary alicyclic amines) is 1. The first-order chi connectivity index (χ1) is 18.1. The zero-order valence-electron chi connectivity index (χ0n) is 20.3. The molecule has 0 aliphatic carbocycles. The number of nitrogens with one attached hydrogen (secondary N) is 1. The summed E-state index contributed by atoms with van der Waals surface area (Å²) in [6.45, 7) is 2.60. The van der Waals surface area contributed by atoms with Crippen molar-refractivity contribution in [1.29, 1.82) is 0 Å². The number of rotatable bonds is 5. The van der Waals surface area contributed by atoms with Crippen molar-refractivity contribution in [1.82, 2.24) is 30.5 Å². The van der Waals surface area contributed by atoms with Crippen LogP contribution in [0.3, 0.4) is 0 Å². The quantitative estimate of drug-likeness (QED) is 0.385. The molecule has 0 unspecified atom stereocenters. The molecule has 2 aromatic heterocycles. The standard InChI is InChI=1S/C28H27ClN6O2/c29-21-10-8-20(9-11-21)28(36)12-16-35(17-13-28)15-3-4-19-18-24-23(26-31-33-34-32-26)5-1-7-25(24)37-27-22(19)6-2-14-30-27/h1-2,4-11,14,36H,3,12-13,15-18H2,(H,31,32,33,34). The third-order valence-corrected chi connectivity index (χ3v) is 7.58. The third-order valence-electron chi connectivity index (χ3n) is 7.33. The van der Waals surface area contributed by atoms with Crippen LogP contribution in [0.1, 0.15) is 36.0 Å². The number of tetrazole rings is 1. The monoisotopic (exact) mass is 514 g/mol. The molecular weight excluding hydrogens is 488 g/mol. The van der Waals surface area contributed by atoms with Crippen molar-refractivity contribution in [2.24, 2.45) is 0 Å². The van der Waals surface area contributed by atoms with E-state index in [0.717, 1.165) is 59.6 Å². The number of aliphatic hydroxyl groups is 1. The first kappa shape index (κ1) is 23.8. The molecule has 9 heteroatoms. The van der Waals surface area contributed by atoms with Crippen LogP contribution < -0.4 is 4.74 Å². The average Bonchev–Trinajstić information content (AvgIpc) is 3.40. The summed E-state index contributed by atoms with van der Waals surface area (Å²) in [7, 11) is 0. The zero-order chi connectivity index (χ0) is 25.2. The molecule has 2 aliphatic heterocycles. The molecule has 0 radical (unpaired) electrons. The maximum absolute atomic E-state index is 11.2.